The van der Waals surface area contributed by atoms with Gasteiger partial charge in [0, 0.05) is 17.7 Å². The first kappa shape index (κ1) is 16.8. The maximum Gasteiger partial charge on any atom is 0.128 e. The molecule has 1 aromatic rings. The summed E-state index contributed by atoms with van der Waals surface area (Å²) >= 11 is 0. The smallest absolute Gasteiger partial charge is 0.128 e. The van der Waals surface area contributed by atoms with Gasteiger partial charge in [0.15, 0.2) is 0 Å². The first-order chi connectivity index (χ1) is 9.62. The fraction of sp³-hybridized carbons (Fsp3) is 0.647. The molecule has 2 unspecified atom stereocenters. The number of ether oxygens (including phenoxy) is 2. The van der Waals surface area contributed by atoms with Crippen molar-refractivity contribution >= 4 is 0 Å². The fourth-order valence-corrected chi connectivity index (χ4v) is 2.25. The van der Waals surface area contributed by atoms with Crippen LogP contribution in [0.2, 0.25) is 0 Å². The molecule has 0 saturated carbocycles. The van der Waals surface area contributed by atoms with E-state index >= 15 is 0 Å². The molecule has 0 aliphatic rings. The Morgan fingerprint density at radius 3 is 2.50 bits per heavy atom. The van der Waals surface area contributed by atoms with Gasteiger partial charge < -0.3 is 14.8 Å². The average molecular weight is 279 g/mol. The van der Waals surface area contributed by atoms with Crippen LogP contribution in [0.1, 0.15) is 58.6 Å². The van der Waals surface area contributed by atoms with Crippen molar-refractivity contribution in [1.29, 1.82) is 0 Å². The van der Waals surface area contributed by atoms with Crippen LogP contribution in [0.4, 0.5) is 0 Å². The predicted molar refractivity (Wildman–Crippen MR) is 84.7 cm³/mol. The normalized spacial score (nSPS) is 13.8. The molecule has 0 saturated heterocycles. The molecular weight excluding hydrogens is 250 g/mol. The van der Waals surface area contributed by atoms with Crippen molar-refractivity contribution in [2.75, 3.05) is 13.7 Å². The first-order valence-electron chi connectivity index (χ1n) is 7.70. The van der Waals surface area contributed by atoms with E-state index in [4.69, 9.17) is 9.47 Å². The zero-order valence-electron chi connectivity index (χ0n) is 13.5. The number of nitrogens with one attached hydrogen (secondary N) is 1. The van der Waals surface area contributed by atoms with Crippen molar-refractivity contribution in [2.45, 2.75) is 59.1 Å². The number of benzene rings is 1. The topological polar surface area (TPSA) is 30.5 Å². The zero-order chi connectivity index (χ0) is 15.0. The molecule has 0 aliphatic carbocycles. The van der Waals surface area contributed by atoms with Gasteiger partial charge >= 0.3 is 0 Å². The molecule has 114 valence electrons. The predicted octanol–water partition coefficient (Wildman–Crippen LogP) is 4.32. The summed E-state index contributed by atoms with van der Waals surface area (Å²) in [6.45, 7) is 9.66. The summed E-state index contributed by atoms with van der Waals surface area (Å²) in [4.78, 5) is 0. The molecule has 0 amide bonds. The number of rotatable bonds is 9. The van der Waals surface area contributed by atoms with Gasteiger partial charge in [0.1, 0.15) is 11.5 Å². The van der Waals surface area contributed by atoms with Crippen LogP contribution in [-0.2, 0) is 0 Å². The van der Waals surface area contributed by atoms with E-state index in [0.717, 1.165) is 37.3 Å². The summed E-state index contributed by atoms with van der Waals surface area (Å²) in [5, 5.41) is 3.51. The van der Waals surface area contributed by atoms with E-state index in [9.17, 15) is 0 Å². The van der Waals surface area contributed by atoms with Crippen molar-refractivity contribution in [3.63, 3.8) is 0 Å². The highest BCUT2D eigenvalue weighted by Crippen LogP contribution is 2.30. The Labute approximate surface area is 123 Å². The summed E-state index contributed by atoms with van der Waals surface area (Å²) in [6.07, 6.45) is 3.55. The second kappa shape index (κ2) is 8.85. The van der Waals surface area contributed by atoms with Gasteiger partial charge in [-0.3, -0.25) is 0 Å². The molecule has 1 aromatic carbocycles. The average Bonchev–Trinajstić information content (AvgIpc) is 2.44. The summed E-state index contributed by atoms with van der Waals surface area (Å²) in [7, 11) is 1.69. The van der Waals surface area contributed by atoms with Gasteiger partial charge in [-0.15, -0.1) is 0 Å². The van der Waals surface area contributed by atoms with Gasteiger partial charge in [0.05, 0.1) is 13.2 Å². The van der Waals surface area contributed by atoms with Crippen LogP contribution in [0.3, 0.4) is 0 Å². The molecule has 1 rings (SSSR count). The molecule has 0 fully saturated rings. The van der Waals surface area contributed by atoms with Crippen molar-refractivity contribution in [2.24, 2.45) is 0 Å². The molecule has 0 aromatic heterocycles. The lowest BCUT2D eigenvalue weighted by Crippen LogP contribution is -2.21. The molecule has 1 N–H and O–H groups in total. The molecule has 3 heteroatoms. The van der Waals surface area contributed by atoms with Gasteiger partial charge in [0.25, 0.3) is 0 Å². The monoisotopic (exact) mass is 279 g/mol. The van der Waals surface area contributed by atoms with Crippen LogP contribution in [0.15, 0.2) is 18.2 Å². The van der Waals surface area contributed by atoms with Gasteiger partial charge in [0.2, 0.25) is 0 Å². The molecule has 0 radical (unpaired) electrons. The van der Waals surface area contributed by atoms with Crippen molar-refractivity contribution < 1.29 is 9.47 Å². The Hall–Kier alpha value is -1.22. The number of methoxy groups -OCH3 is 1. The summed E-state index contributed by atoms with van der Waals surface area (Å²) < 4.78 is 11.4. The fourth-order valence-electron chi connectivity index (χ4n) is 2.25. The lowest BCUT2D eigenvalue weighted by molar-refractivity contribution is 0.205. The Bertz CT molecular complexity index is 393. The highest BCUT2D eigenvalue weighted by molar-refractivity contribution is 5.42. The lowest BCUT2D eigenvalue weighted by Gasteiger charge is -2.21. The van der Waals surface area contributed by atoms with Crippen molar-refractivity contribution in [3.05, 3.63) is 23.8 Å². The van der Waals surface area contributed by atoms with Crippen LogP contribution in [-0.4, -0.2) is 19.8 Å². The molecule has 2 atom stereocenters. The third kappa shape index (κ3) is 5.04. The third-order valence-electron chi connectivity index (χ3n) is 3.41. The molecule has 0 heterocycles. The highest BCUT2D eigenvalue weighted by atomic mass is 16.5. The lowest BCUT2D eigenvalue weighted by atomic mass is 10.1. The van der Waals surface area contributed by atoms with E-state index in [1.54, 1.807) is 7.11 Å². The maximum absolute atomic E-state index is 6.11. The third-order valence-corrected chi connectivity index (χ3v) is 3.41. The standard InChI is InChI=1S/C17H29NO2/c1-6-8-13(3)20-17-12-15(19-5)9-10-16(17)14(4)18-11-7-2/h9-10,12-14,18H,6-8,11H2,1-5H3. The van der Waals surface area contributed by atoms with Crippen LogP contribution in [0, 0.1) is 0 Å². The Balaban J connectivity index is 2.90. The minimum Gasteiger partial charge on any atom is -0.497 e. The molecule has 0 aliphatic heterocycles. The number of hydrogen-bond donors (Lipinski definition) is 1. The van der Waals surface area contributed by atoms with Crippen LogP contribution >= 0.6 is 0 Å². The number of hydrogen-bond acceptors (Lipinski definition) is 3. The Kier molecular flexibility index (Phi) is 7.45. The minimum atomic E-state index is 0.226. The van der Waals surface area contributed by atoms with Gasteiger partial charge in [-0.25, -0.2) is 0 Å². The van der Waals surface area contributed by atoms with E-state index in [1.165, 1.54) is 5.56 Å². The molecular formula is C17H29NO2. The van der Waals surface area contributed by atoms with Crippen LogP contribution in [0.5, 0.6) is 11.5 Å². The zero-order valence-corrected chi connectivity index (χ0v) is 13.5. The minimum absolute atomic E-state index is 0.226. The van der Waals surface area contributed by atoms with E-state index in [1.807, 2.05) is 12.1 Å². The van der Waals surface area contributed by atoms with E-state index in [2.05, 4.69) is 39.1 Å². The molecule has 0 bridgehead atoms. The molecule has 0 spiro atoms. The molecule has 3 nitrogen and oxygen atoms in total. The maximum atomic E-state index is 6.11. The summed E-state index contributed by atoms with van der Waals surface area (Å²) in [5.74, 6) is 1.77. The largest absolute Gasteiger partial charge is 0.497 e. The van der Waals surface area contributed by atoms with Crippen molar-refractivity contribution in [3.8, 4) is 11.5 Å². The van der Waals surface area contributed by atoms with E-state index in [0.29, 0.717) is 0 Å². The van der Waals surface area contributed by atoms with Gasteiger partial charge in [-0.2, -0.15) is 0 Å². The Morgan fingerprint density at radius 1 is 1.15 bits per heavy atom. The Morgan fingerprint density at radius 2 is 1.90 bits per heavy atom. The summed E-state index contributed by atoms with van der Waals surface area (Å²) in [6, 6.07) is 6.37. The van der Waals surface area contributed by atoms with Gasteiger partial charge in [-0.05, 0) is 39.3 Å². The van der Waals surface area contributed by atoms with E-state index in [-0.39, 0.29) is 12.1 Å². The highest BCUT2D eigenvalue weighted by Gasteiger charge is 2.14. The first-order valence-corrected chi connectivity index (χ1v) is 7.70. The SMILES string of the molecule is CCCNC(C)c1ccc(OC)cc1OC(C)CCC. The second-order valence-electron chi connectivity index (χ2n) is 5.30. The molecule has 20 heavy (non-hydrogen) atoms. The second-order valence-corrected chi connectivity index (χ2v) is 5.30. The van der Waals surface area contributed by atoms with E-state index < -0.39 is 0 Å². The van der Waals surface area contributed by atoms with Crippen LogP contribution < -0.4 is 14.8 Å². The summed E-state index contributed by atoms with van der Waals surface area (Å²) in [5.41, 5.74) is 1.20. The van der Waals surface area contributed by atoms with Gasteiger partial charge in [-0.1, -0.05) is 26.3 Å². The van der Waals surface area contributed by atoms with Crippen molar-refractivity contribution in [1.82, 2.24) is 5.32 Å². The van der Waals surface area contributed by atoms with Crippen LogP contribution in [0.25, 0.3) is 0 Å². The quantitative estimate of drug-likeness (QED) is 0.730.